The topological polar surface area (TPSA) is 75.7 Å². The Bertz CT molecular complexity index is 1710. The van der Waals surface area contributed by atoms with E-state index in [9.17, 15) is 14.4 Å². The predicted molar refractivity (Wildman–Crippen MR) is 152 cm³/mol. The lowest BCUT2D eigenvalue weighted by molar-refractivity contribution is -0.122. The largest absolute Gasteiger partial charge is 0.497 e. The first-order chi connectivity index (χ1) is 19.6. The van der Waals surface area contributed by atoms with Gasteiger partial charge < -0.3 is 15.0 Å². The van der Waals surface area contributed by atoms with E-state index in [1.165, 1.54) is 0 Å². The van der Waals surface area contributed by atoms with Gasteiger partial charge in [0, 0.05) is 23.0 Å². The highest BCUT2D eigenvalue weighted by atomic mass is 16.5. The van der Waals surface area contributed by atoms with Crippen LogP contribution in [-0.2, 0) is 10.2 Å². The molecule has 0 unspecified atom stereocenters. The van der Waals surface area contributed by atoms with Gasteiger partial charge in [0.15, 0.2) is 11.6 Å². The van der Waals surface area contributed by atoms with E-state index in [1.54, 1.807) is 43.5 Å². The van der Waals surface area contributed by atoms with Gasteiger partial charge in [0.25, 0.3) is 0 Å². The second-order valence-corrected chi connectivity index (χ2v) is 10.4. The standard InChI is InChI=1S/C34H26N2O4/c1-40-24-14-9-13-23(20-24)30(37)28-29(31(38)22-11-3-2-4-12-22)36-19-18-21-10-5-6-15-25(21)32(36)34(28)26-16-7-8-17-27(26)35-33(34)39/h2-20,28-29,32H,1H3,(H,35,39)/t28-,29-,32+,34+/m0/s1. The number of methoxy groups -OCH3 is 1. The van der Waals surface area contributed by atoms with Crippen LogP contribution in [0, 0.1) is 5.92 Å². The van der Waals surface area contributed by atoms with Crippen molar-refractivity contribution in [2.75, 3.05) is 12.4 Å². The van der Waals surface area contributed by atoms with E-state index in [1.807, 2.05) is 83.9 Å². The third kappa shape index (κ3) is 3.26. The van der Waals surface area contributed by atoms with E-state index in [0.29, 0.717) is 22.6 Å². The minimum atomic E-state index is -1.35. The number of para-hydroxylation sites is 1. The summed E-state index contributed by atoms with van der Waals surface area (Å²) in [4.78, 5) is 45.6. The number of nitrogens with one attached hydrogen (secondary N) is 1. The molecule has 196 valence electrons. The number of hydrogen-bond acceptors (Lipinski definition) is 5. The zero-order valence-electron chi connectivity index (χ0n) is 21.8. The number of benzene rings is 4. The quantitative estimate of drug-likeness (QED) is 0.339. The van der Waals surface area contributed by atoms with E-state index < -0.39 is 23.4 Å². The first-order valence-corrected chi connectivity index (χ1v) is 13.3. The van der Waals surface area contributed by atoms with Crippen molar-refractivity contribution in [3.05, 3.63) is 137 Å². The number of anilines is 1. The number of carbonyl (C=O) groups excluding carboxylic acids is 3. The molecule has 3 heterocycles. The molecule has 0 aliphatic carbocycles. The molecule has 0 radical (unpaired) electrons. The maximum Gasteiger partial charge on any atom is 0.238 e. The van der Waals surface area contributed by atoms with Gasteiger partial charge in [-0.25, -0.2) is 0 Å². The summed E-state index contributed by atoms with van der Waals surface area (Å²) in [5.41, 5.74) is 2.78. The van der Waals surface area contributed by atoms with Crippen LogP contribution in [-0.4, -0.2) is 35.5 Å². The molecule has 4 aromatic rings. The van der Waals surface area contributed by atoms with Gasteiger partial charge in [-0.3, -0.25) is 14.4 Å². The van der Waals surface area contributed by atoms with Crippen LogP contribution in [0.2, 0.25) is 0 Å². The number of Topliss-reactive ketones (excluding diaryl/α,β-unsaturated/α-hetero) is 2. The van der Waals surface area contributed by atoms with Gasteiger partial charge in [-0.05, 0) is 41.0 Å². The molecule has 7 rings (SSSR count). The fraction of sp³-hybridized carbons (Fsp3) is 0.147. The molecule has 4 aromatic carbocycles. The Morgan fingerprint density at radius 2 is 1.55 bits per heavy atom. The average Bonchev–Trinajstić information content (AvgIpc) is 3.49. The molecule has 6 nitrogen and oxygen atoms in total. The highest BCUT2D eigenvalue weighted by Crippen LogP contribution is 2.62. The maximum absolute atomic E-state index is 14.8. The minimum absolute atomic E-state index is 0.204. The van der Waals surface area contributed by atoms with Crippen LogP contribution in [0.15, 0.2) is 109 Å². The second kappa shape index (κ2) is 9.06. The Kier molecular flexibility index (Phi) is 5.46. The van der Waals surface area contributed by atoms with Crippen LogP contribution >= 0.6 is 0 Å². The third-order valence-electron chi connectivity index (χ3n) is 8.53. The maximum atomic E-state index is 14.8. The van der Waals surface area contributed by atoms with Crippen molar-refractivity contribution in [3.63, 3.8) is 0 Å². The van der Waals surface area contributed by atoms with Crippen molar-refractivity contribution < 1.29 is 19.1 Å². The molecule has 4 atom stereocenters. The number of hydrogen-bond donors (Lipinski definition) is 1. The smallest absolute Gasteiger partial charge is 0.238 e. The highest BCUT2D eigenvalue weighted by molar-refractivity contribution is 6.16. The first-order valence-electron chi connectivity index (χ1n) is 13.3. The minimum Gasteiger partial charge on any atom is -0.497 e. The molecule has 6 heteroatoms. The fourth-order valence-corrected chi connectivity index (χ4v) is 6.90. The van der Waals surface area contributed by atoms with Crippen molar-refractivity contribution in [1.82, 2.24) is 4.90 Å². The molecular formula is C34H26N2O4. The Balaban J connectivity index is 1.54. The summed E-state index contributed by atoms with van der Waals surface area (Å²) in [6.45, 7) is 0. The predicted octanol–water partition coefficient (Wildman–Crippen LogP) is 5.68. The van der Waals surface area contributed by atoms with Crippen molar-refractivity contribution in [3.8, 4) is 5.75 Å². The summed E-state index contributed by atoms with van der Waals surface area (Å²) >= 11 is 0. The number of carbonyl (C=O) groups is 3. The molecule has 1 amide bonds. The van der Waals surface area contributed by atoms with Crippen LogP contribution in [0.3, 0.4) is 0 Å². The zero-order chi connectivity index (χ0) is 27.4. The Labute approximate surface area is 231 Å². The van der Waals surface area contributed by atoms with Crippen LogP contribution in [0.1, 0.15) is 43.4 Å². The molecular weight excluding hydrogens is 500 g/mol. The monoisotopic (exact) mass is 526 g/mol. The normalized spacial score (nSPS) is 23.8. The second-order valence-electron chi connectivity index (χ2n) is 10.4. The van der Waals surface area contributed by atoms with Crippen LogP contribution in [0.5, 0.6) is 5.75 Å². The Morgan fingerprint density at radius 1 is 0.825 bits per heavy atom. The Morgan fingerprint density at radius 3 is 2.38 bits per heavy atom. The average molecular weight is 527 g/mol. The summed E-state index contributed by atoms with van der Waals surface area (Å²) in [7, 11) is 1.55. The van der Waals surface area contributed by atoms with E-state index >= 15 is 0 Å². The van der Waals surface area contributed by atoms with Crippen LogP contribution in [0.25, 0.3) is 6.08 Å². The van der Waals surface area contributed by atoms with Crippen molar-refractivity contribution in [1.29, 1.82) is 0 Å². The van der Waals surface area contributed by atoms with Gasteiger partial charge in [-0.1, -0.05) is 84.9 Å². The molecule has 3 aliphatic heterocycles. The lowest BCUT2D eigenvalue weighted by atomic mass is 9.62. The summed E-state index contributed by atoms with van der Waals surface area (Å²) in [6.07, 6.45) is 3.84. The van der Waals surface area contributed by atoms with Crippen molar-refractivity contribution in [2.45, 2.75) is 17.5 Å². The molecule has 1 spiro atoms. The summed E-state index contributed by atoms with van der Waals surface area (Å²) < 4.78 is 5.43. The van der Waals surface area contributed by atoms with Gasteiger partial charge in [-0.15, -0.1) is 0 Å². The van der Waals surface area contributed by atoms with Gasteiger partial charge in [-0.2, -0.15) is 0 Å². The summed E-state index contributed by atoms with van der Waals surface area (Å²) in [5.74, 6) is -1.25. The number of rotatable bonds is 5. The lowest BCUT2D eigenvalue weighted by Crippen LogP contribution is -2.49. The molecule has 0 saturated carbocycles. The number of nitrogens with zero attached hydrogens (tertiary/aromatic N) is 1. The van der Waals surface area contributed by atoms with E-state index in [-0.39, 0.29) is 17.5 Å². The van der Waals surface area contributed by atoms with Gasteiger partial charge in [0.05, 0.1) is 19.1 Å². The molecule has 0 aromatic heterocycles. The van der Waals surface area contributed by atoms with E-state index in [2.05, 4.69) is 5.32 Å². The SMILES string of the molecule is COc1cccc(C(=O)[C@@H]2[C@@H](C(=O)c3ccccc3)N3C=Cc4ccccc4[C@@H]3[C@]23C(=O)Nc2ccccc23)c1. The fourth-order valence-electron chi connectivity index (χ4n) is 6.90. The van der Waals surface area contributed by atoms with Gasteiger partial charge in [0.1, 0.15) is 17.2 Å². The van der Waals surface area contributed by atoms with Gasteiger partial charge in [0.2, 0.25) is 5.91 Å². The Hall–Kier alpha value is -4.97. The molecule has 1 N–H and O–H groups in total. The third-order valence-corrected chi connectivity index (χ3v) is 8.53. The molecule has 3 aliphatic rings. The van der Waals surface area contributed by atoms with E-state index in [4.69, 9.17) is 4.74 Å². The number of fused-ring (bicyclic) bond motifs is 6. The van der Waals surface area contributed by atoms with Crippen molar-refractivity contribution in [2.24, 2.45) is 5.92 Å². The van der Waals surface area contributed by atoms with Crippen molar-refractivity contribution >= 4 is 29.2 Å². The lowest BCUT2D eigenvalue weighted by Gasteiger charge is -2.38. The number of amides is 1. The van der Waals surface area contributed by atoms with Crippen LogP contribution < -0.4 is 10.1 Å². The molecule has 1 fully saturated rings. The summed E-state index contributed by atoms with van der Waals surface area (Å²) in [6, 6.07) is 29.8. The molecule has 40 heavy (non-hydrogen) atoms. The first kappa shape index (κ1) is 24.1. The number of ether oxygens (including phenoxy) is 1. The summed E-state index contributed by atoms with van der Waals surface area (Å²) in [5, 5.41) is 3.07. The molecule has 1 saturated heterocycles. The van der Waals surface area contributed by atoms with E-state index in [0.717, 1.165) is 16.7 Å². The molecule has 0 bridgehead atoms. The zero-order valence-corrected chi connectivity index (χ0v) is 21.8. The number of ketones is 2. The van der Waals surface area contributed by atoms with Crippen LogP contribution in [0.4, 0.5) is 5.69 Å². The highest BCUT2D eigenvalue weighted by Gasteiger charge is 2.70. The van der Waals surface area contributed by atoms with Gasteiger partial charge >= 0.3 is 0 Å².